The van der Waals surface area contributed by atoms with Gasteiger partial charge in [0, 0.05) is 13.2 Å². The minimum Gasteiger partial charge on any atom is -0.350 e. The maximum Gasteiger partial charge on any atom is 0.0635 e. The first-order valence-electron chi connectivity index (χ1n) is 5.39. The molecule has 0 atom stereocenters. The monoisotopic (exact) mass is 212 g/mol. The number of hydrogen-bond donors (Lipinski definition) is 0. The number of nitrogens with zero attached hydrogens (tertiary/aromatic N) is 2. The molecule has 0 fully saturated rings. The smallest absolute Gasteiger partial charge is 0.0635 e. The summed E-state index contributed by atoms with van der Waals surface area (Å²) in [7, 11) is 2.02. The van der Waals surface area contributed by atoms with Crippen molar-refractivity contribution in [3.05, 3.63) is 53.3 Å². The Hall–Kier alpha value is -1.83. The van der Waals surface area contributed by atoms with Crippen molar-refractivity contribution in [2.45, 2.75) is 13.8 Å². The van der Waals surface area contributed by atoms with Crippen molar-refractivity contribution in [2.24, 2.45) is 12.0 Å². The number of aromatic nitrogens is 1. The van der Waals surface area contributed by atoms with Crippen molar-refractivity contribution < 1.29 is 0 Å². The molecule has 0 aliphatic rings. The van der Waals surface area contributed by atoms with Crippen LogP contribution in [0, 0.1) is 13.8 Å². The summed E-state index contributed by atoms with van der Waals surface area (Å²) in [5, 5.41) is 0. The molecule has 1 aromatic carbocycles. The highest BCUT2D eigenvalue weighted by atomic mass is 14.9. The lowest BCUT2D eigenvalue weighted by Gasteiger charge is -2.00. The van der Waals surface area contributed by atoms with Gasteiger partial charge in [-0.05, 0) is 49.2 Å². The van der Waals surface area contributed by atoms with Crippen molar-refractivity contribution >= 4 is 11.9 Å². The van der Waals surface area contributed by atoms with Gasteiger partial charge in [0.25, 0.3) is 0 Å². The zero-order valence-corrected chi connectivity index (χ0v) is 9.94. The molecular formula is C14H16N2. The number of benzene rings is 1. The van der Waals surface area contributed by atoms with Gasteiger partial charge < -0.3 is 4.57 Å². The second-order valence-electron chi connectivity index (χ2n) is 4.15. The molecule has 1 aromatic heterocycles. The van der Waals surface area contributed by atoms with E-state index in [1.54, 1.807) is 0 Å². The van der Waals surface area contributed by atoms with Crippen LogP contribution in [0.1, 0.15) is 16.8 Å². The van der Waals surface area contributed by atoms with Crippen LogP contribution in [-0.2, 0) is 7.05 Å². The summed E-state index contributed by atoms with van der Waals surface area (Å²) < 4.78 is 2.05. The normalized spacial score (nSPS) is 11.2. The zero-order valence-electron chi connectivity index (χ0n) is 9.94. The standard InChI is InChI=1S/C14H16N2/c1-11-7-12(2)9-13(8-11)15-10-14-5-4-6-16(14)3/h4-10H,1-3H3. The van der Waals surface area contributed by atoms with E-state index in [1.165, 1.54) is 11.1 Å². The first-order chi connectivity index (χ1) is 7.65. The molecule has 0 saturated carbocycles. The predicted molar refractivity (Wildman–Crippen MR) is 68.6 cm³/mol. The molecule has 16 heavy (non-hydrogen) atoms. The van der Waals surface area contributed by atoms with E-state index >= 15 is 0 Å². The highest BCUT2D eigenvalue weighted by Gasteiger charge is 1.94. The second kappa shape index (κ2) is 4.35. The fourth-order valence-corrected chi connectivity index (χ4v) is 1.77. The summed E-state index contributed by atoms with van der Waals surface area (Å²) in [4.78, 5) is 4.49. The Bertz CT molecular complexity index is 501. The Morgan fingerprint density at radius 3 is 2.38 bits per heavy atom. The van der Waals surface area contributed by atoms with Crippen molar-refractivity contribution in [3.63, 3.8) is 0 Å². The molecule has 0 bridgehead atoms. The first kappa shape index (κ1) is 10.7. The van der Waals surface area contributed by atoms with Crippen LogP contribution in [0.15, 0.2) is 41.5 Å². The van der Waals surface area contributed by atoms with Crippen molar-refractivity contribution in [2.75, 3.05) is 0 Å². The predicted octanol–water partition coefficient (Wildman–Crippen LogP) is 3.39. The van der Waals surface area contributed by atoms with Crippen LogP contribution in [0.5, 0.6) is 0 Å². The van der Waals surface area contributed by atoms with Gasteiger partial charge in [-0.2, -0.15) is 0 Å². The Kier molecular flexibility index (Phi) is 2.91. The van der Waals surface area contributed by atoms with Crippen LogP contribution in [0.25, 0.3) is 0 Å². The fraction of sp³-hybridized carbons (Fsp3) is 0.214. The lowest BCUT2D eigenvalue weighted by atomic mass is 10.1. The molecule has 0 saturated heterocycles. The van der Waals surface area contributed by atoms with E-state index in [-0.39, 0.29) is 0 Å². The van der Waals surface area contributed by atoms with Crippen LogP contribution < -0.4 is 0 Å². The SMILES string of the molecule is Cc1cc(C)cc(N=Cc2cccn2C)c1. The third-order valence-electron chi connectivity index (χ3n) is 2.54. The topological polar surface area (TPSA) is 17.3 Å². The Morgan fingerprint density at radius 1 is 1.12 bits per heavy atom. The molecule has 0 aliphatic heterocycles. The molecule has 0 N–H and O–H groups in total. The van der Waals surface area contributed by atoms with E-state index < -0.39 is 0 Å². The number of hydrogen-bond acceptors (Lipinski definition) is 1. The van der Waals surface area contributed by atoms with Gasteiger partial charge in [-0.15, -0.1) is 0 Å². The third-order valence-corrected chi connectivity index (χ3v) is 2.54. The summed E-state index contributed by atoms with van der Waals surface area (Å²) in [6, 6.07) is 10.4. The lowest BCUT2D eigenvalue weighted by Crippen LogP contribution is -1.91. The molecule has 0 unspecified atom stereocenters. The summed E-state index contributed by atoms with van der Waals surface area (Å²) in [5.74, 6) is 0. The van der Waals surface area contributed by atoms with Crippen LogP contribution in [0.4, 0.5) is 5.69 Å². The van der Waals surface area contributed by atoms with Gasteiger partial charge in [0.05, 0.1) is 17.6 Å². The fourth-order valence-electron chi connectivity index (χ4n) is 1.77. The lowest BCUT2D eigenvalue weighted by molar-refractivity contribution is 0.918. The minimum absolute atomic E-state index is 1.01. The molecular weight excluding hydrogens is 196 g/mol. The van der Waals surface area contributed by atoms with Gasteiger partial charge in [-0.1, -0.05) is 6.07 Å². The molecule has 0 radical (unpaired) electrons. The number of aryl methyl sites for hydroxylation is 3. The van der Waals surface area contributed by atoms with Crippen LogP contribution in [-0.4, -0.2) is 10.8 Å². The number of rotatable bonds is 2. The molecule has 0 amide bonds. The molecule has 2 nitrogen and oxygen atoms in total. The van der Waals surface area contributed by atoms with Gasteiger partial charge in [0.15, 0.2) is 0 Å². The van der Waals surface area contributed by atoms with Gasteiger partial charge in [-0.3, -0.25) is 4.99 Å². The summed E-state index contributed by atoms with van der Waals surface area (Å²) >= 11 is 0. The van der Waals surface area contributed by atoms with E-state index in [4.69, 9.17) is 0 Å². The Morgan fingerprint density at radius 2 is 1.81 bits per heavy atom. The first-order valence-corrected chi connectivity index (χ1v) is 5.39. The Labute approximate surface area is 96.3 Å². The average molecular weight is 212 g/mol. The van der Waals surface area contributed by atoms with Gasteiger partial charge in [-0.25, -0.2) is 0 Å². The van der Waals surface area contributed by atoms with Crippen LogP contribution in [0.3, 0.4) is 0 Å². The average Bonchev–Trinajstić information content (AvgIpc) is 2.59. The molecule has 2 heteroatoms. The maximum absolute atomic E-state index is 4.49. The zero-order chi connectivity index (χ0) is 11.5. The highest BCUT2D eigenvalue weighted by Crippen LogP contribution is 2.16. The maximum atomic E-state index is 4.49. The van der Waals surface area contributed by atoms with Crippen LogP contribution in [0.2, 0.25) is 0 Å². The van der Waals surface area contributed by atoms with E-state index in [2.05, 4.69) is 37.0 Å². The van der Waals surface area contributed by atoms with Crippen LogP contribution >= 0.6 is 0 Å². The minimum atomic E-state index is 1.01. The van der Waals surface area contributed by atoms with Gasteiger partial charge in [0.1, 0.15) is 0 Å². The van der Waals surface area contributed by atoms with E-state index in [9.17, 15) is 0 Å². The third kappa shape index (κ3) is 2.40. The van der Waals surface area contributed by atoms with E-state index in [0.717, 1.165) is 11.4 Å². The molecule has 2 aromatic rings. The van der Waals surface area contributed by atoms with Crippen molar-refractivity contribution in [1.82, 2.24) is 4.57 Å². The Balaban J connectivity index is 2.27. The van der Waals surface area contributed by atoms with E-state index in [0.29, 0.717) is 0 Å². The molecule has 2 rings (SSSR count). The summed E-state index contributed by atoms with van der Waals surface area (Å²) in [6.45, 7) is 4.18. The van der Waals surface area contributed by atoms with Gasteiger partial charge in [0.2, 0.25) is 0 Å². The largest absolute Gasteiger partial charge is 0.350 e. The van der Waals surface area contributed by atoms with Gasteiger partial charge >= 0.3 is 0 Å². The van der Waals surface area contributed by atoms with Crippen molar-refractivity contribution in [3.8, 4) is 0 Å². The summed E-state index contributed by atoms with van der Waals surface area (Å²) in [6.07, 6.45) is 3.91. The van der Waals surface area contributed by atoms with Crippen molar-refractivity contribution in [1.29, 1.82) is 0 Å². The quantitative estimate of drug-likeness (QED) is 0.679. The molecule has 1 heterocycles. The molecule has 82 valence electrons. The van der Waals surface area contributed by atoms with E-state index in [1.807, 2.05) is 36.2 Å². The summed E-state index contributed by atoms with van der Waals surface area (Å²) in [5.41, 5.74) is 4.62. The number of aliphatic imine (C=N–C) groups is 1. The highest BCUT2D eigenvalue weighted by molar-refractivity contribution is 5.80. The molecule has 0 aliphatic carbocycles. The molecule has 0 spiro atoms. The second-order valence-corrected chi connectivity index (χ2v) is 4.15.